The molecule has 0 spiro atoms. The molecule has 3 rings (SSSR count). The van der Waals surface area contributed by atoms with Crippen molar-refractivity contribution in [3.05, 3.63) is 62.6 Å². The summed E-state index contributed by atoms with van der Waals surface area (Å²) in [6, 6.07) is 9.74. The number of nitrogens with one attached hydrogen (secondary N) is 1. The van der Waals surface area contributed by atoms with Crippen molar-refractivity contribution in [3.63, 3.8) is 0 Å². The largest absolute Gasteiger partial charge is 0.372 e. The monoisotopic (exact) mass is 345 g/mol. The van der Waals surface area contributed by atoms with Gasteiger partial charge in [0.15, 0.2) is 0 Å². The molecule has 0 bridgehead atoms. The number of ether oxygens (including phenoxy) is 1. The summed E-state index contributed by atoms with van der Waals surface area (Å²) < 4.78 is 6.40. The molecule has 4 heteroatoms. The Morgan fingerprint density at radius 1 is 1.10 bits per heavy atom. The molecule has 0 fully saturated rings. The van der Waals surface area contributed by atoms with Gasteiger partial charge in [-0.3, -0.25) is 4.79 Å². The fourth-order valence-electron chi connectivity index (χ4n) is 2.61. The molecule has 1 heterocycles. The average molecular weight is 346 g/mol. The lowest BCUT2D eigenvalue weighted by Crippen LogP contribution is -2.14. The van der Waals surface area contributed by atoms with Gasteiger partial charge in [-0.1, -0.05) is 22.0 Å². The quantitative estimate of drug-likeness (QED) is 0.878. The first-order valence-electron chi connectivity index (χ1n) is 6.82. The third-order valence-electron chi connectivity index (χ3n) is 3.72. The third kappa shape index (κ3) is 2.87. The van der Waals surface area contributed by atoms with E-state index in [2.05, 4.69) is 21.2 Å². The third-order valence-corrected chi connectivity index (χ3v) is 4.18. The Labute approximate surface area is 132 Å². The Bertz CT molecular complexity index is 702. The number of rotatable bonds is 2. The number of carbonyl (C=O) groups excluding carboxylic acids is 1. The highest BCUT2D eigenvalue weighted by Gasteiger charge is 2.15. The number of hydrogen-bond acceptors (Lipinski definition) is 2. The zero-order valence-corrected chi connectivity index (χ0v) is 13.6. The minimum absolute atomic E-state index is 0.0850. The minimum Gasteiger partial charge on any atom is -0.372 e. The molecule has 1 aliphatic rings. The van der Waals surface area contributed by atoms with E-state index >= 15 is 0 Å². The van der Waals surface area contributed by atoms with Crippen LogP contribution in [0.25, 0.3) is 0 Å². The van der Waals surface area contributed by atoms with Crippen LogP contribution in [0.4, 0.5) is 5.69 Å². The zero-order valence-electron chi connectivity index (χ0n) is 12.0. The predicted molar refractivity (Wildman–Crippen MR) is 86.5 cm³/mol. The molecule has 0 saturated carbocycles. The van der Waals surface area contributed by atoms with E-state index in [1.165, 1.54) is 5.56 Å². The maximum atomic E-state index is 12.4. The number of carbonyl (C=O) groups is 1. The highest BCUT2D eigenvalue weighted by atomic mass is 79.9. The smallest absolute Gasteiger partial charge is 0.255 e. The van der Waals surface area contributed by atoms with Crippen LogP contribution in [0, 0.1) is 13.8 Å². The van der Waals surface area contributed by atoms with Crippen molar-refractivity contribution in [2.24, 2.45) is 0 Å². The Balaban J connectivity index is 1.87. The molecule has 0 aliphatic carbocycles. The Morgan fingerprint density at radius 3 is 2.48 bits per heavy atom. The SMILES string of the molecule is Cc1cc(Br)cc(C)c1NC(=O)c1ccc2c(c1)COC2. The summed E-state index contributed by atoms with van der Waals surface area (Å²) in [7, 11) is 0. The van der Waals surface area contributed by atoms with Gasteiger partial charge in [-0.15, -0.1) is 0 Å². The van der Waals surface area contributed by atoms with Crippen LogP contribution in [0.3, 0.4) is 0 Å². The lowest BCUT2D eigenvalue weighted by Gasteiger charge is -2.13. The molecule has 21 heavy (non-hydrogen) atoms. The van der Waals surface area contributed by atoms with E-state index in [9.17, 15) is 4.79 Å². The molecule has 2 aromatic carbocycles. The van der Waals surface area contributed by atoms with Crippen LogP contribution >= 0.6 is 15.9 Å². The number of halogens is 1. The number of anilines is 1. The molecule has 2 aromatic rings. The topological polar surface area (TPSA) is 38.3 Å². The molecule has 1 amide bonds. The molecule has 3 nitrogen and oxygen atoms in total. The molecular weight excluding hydrogens is 330 g/mol. The van der Waals surface area contributed by atoms with Gasteiger partial charge >= 0.3 is 0 Å². The Hall–Kier alpha value is -1.65. The number of amides is 1. The standard InChI is InChI=1S/C17H16BrNO2/c1-10-5-15(18)6-11(2)16(10)19-17(20)12-3-4-13-8-21-9-14(13)7-12/h3-7H,8-9H2,1-2H3,(H,19,20). The Morgan fingerprint density at radius 2 is 1.76 bits per heavy atom. The van der Waals surface area contributed by atoms with Gasteiger partial charge in [0.1, 0.15) is 0 Å². The Kier molecular flexibility index (Phi) is 3.83. The second-order valence-corrected chi connectivity index (χ2v) is 6.26. The highest BCUT2D eigenvalue weighted by Crippen LogP contribution is 2.26. The van der Waals surface area contributed by atoms with E-state index in [1.807, 2.05) is 44.2 Å². The first-order chi connectivity index (χ1) is 10.0. The van der Waals surface area contributed by atoms with E-state index < -0.39 is 0 Å². The van der Waals surface area contributed by atoms with Crippen LogP contribution in [0.1, 0.15) is 32.6 Å². The molecule has 108 valence electrons. The van der Waals surface area contributed by atoms with E-state index in [0.29, 0.717) is 18.8 Å². The van der Waals surface area contributed by atoms with Crippen LogP contribution in [-0.4, -0.2) is 5.91 Å². The summed E-state index contributed by atoms with van der Waals surface area (Å²) in [6.07, 6.45) is 0. The number of benzene rings is 2. The van der Waals surface area contributed by atoms with E-state index in [4.69, 9.17) is 4.74 Å². The first kappa shape index (κ1) is 14.3. The van der Waals surface area contributed by atoms with Gasteiger partial charge in [0, 0.05) is 15.7 Å². The first-order valence-corrected chi connectivity index (χ1v) is 7.61. The number of aryl methyl sites for hydroxylation is 2. The fraction of sp³-hybridized carbons (Fsp3) is 0.235. The maximum Gasteiger partial charge on any atom is 0.255 e. The molecule has 1 aliphatic heterocycles. The lowest BCUT2D eigenvalue weighted by atomic mass is 10.0. The van der Waals surface area contributed by atoms with Crippen molar-refractivity contribution < 1.29 is 9.53 Å². The molecule has 0 aromatic heterocycles. The van der Waals surface area contributed by atoms with Gasteiger partial charge in [-0.2, -0.15) is 0 Å². The van der Waals surface area contributed by atoms with Crippen LogP contribution in [0.15, 0.2) is 34.8 Å². The fourth-order valence-corrected chi connectivity index (χ4v) is 3.29. The van der Waals surface area contributed by atoms with Crippen molar-refractivity contribution in [2.75, 3.05) is 5.32 Å². The summed E-state index contributed by atoms with van der Waals surface area (Å²) in [5.74, 6) is -0.0850. The van der Waals surface area contributed by atoms with Crippen molar-refractivity contribution in [3.8, 4) is 0 Å². The van der Waals surface area contributed by atoms with Crippen LogP contribution in [0.5, 0.6) is 0 Å². The normalized spacial score (nSPS) is 13.1. The predicted octanol–water partition coefficient (Wildman–Crippen LogP) is 4.35. The van der Waals surface area contributed by atoms with Crippen LogP contribution in [0.2, 0.25) is 0 Å². The van der Waals surface area contributed by atoms with Gasteiger partial charge in [-0.25, -0.2) is 0 Å². The average Bonchev–Trinajstić information content (AvgIpc) is 2.89. The van der Waals surface area contributed by atoms with E-state index in [0.717, 1.165) is 26.9 Å². The molecule has 1 N–H and O–H groups in total. The zero-order chi connectivity index (χ0) is 15.0. The minimum atomic E-state index is -0.0850. The lowest BCUT2D eigenvalue weighted by molar-refractivity contribution is 0.102. The van der Waals surface area contributed by atoms with Crippen LogP contribution in [-0.2, 0) is 18.0 Å². The summed E-state index contributed by atoms with van der Waals surface area (Å²) >= 11 is 3.47. The van der Waals surface area contributed by atoms with Gasteiger partial charge in [0.05, 0.1) is 13.2 Å². The van der Waals surface area contributed by atoms with Crippen molar-refractivity contribution in [1.29, 1.82) is 0 Å². The summed E-state index contributed by atoms with van der Waals surface area (Å²) in [6.45, 7) is 5.21. The summed E-state index contributed by atoms with van der Waals surface area (Å²) in [5.41, 5.74) is 5.90. The number of hydrogen-bond donors (Lipinski definition) is 1. The van der Waals surface area contributed by atoms with E-state index in [1.54, 1.807) is 0 Å². The molecule has 0 radical (unpaired) electrons. The second-order valence-electron chi connectivity index (χ2n) is 5.34. The van der Waals surface area contributed by atoms with Gasteiger partial charge < -0.3 is 10.1 Å². The van der Waals surface area contributed by atoms with Gasteiger partial charge in [0.25, 0.3) is 5.91 Å². The van der Waals surface area contributed by atoms with Gasteiger partial charge in [0.2, 0.25) is 0 Å². The molecular formula is C17H16BrNO2. The summed E-state index contributed by atoms with van der Waals surface area (Å²) in [5, 5.41) is 3.01. The number of fused-ring (bicyclic) bond motifs is 1. The van der Waals surface area contributed by atoms with Crippen LogP contribution < -0.4 is 5.32 Å². The summed E-state index contributed by atoms with van der Waals surface area (Å²) in [4.78, 5) is 12.4. The van der Waals surface area contributed by atoms with Gasteiger partial charge in [-0.05, 0) is 60.4 Å². The molecule has 0 atom stereocenters. The van der Waals surface area contributed by atoms with Crippen molar-refractivity contribution in [1.82, 2.24) is 0 Å². The second kappa shape index (κ2) is 5.62. The molecule has 0 unspecified atom stereocenters. The maximum absolute atomic E-state index is 12.4. The molecule has 0 saturated heterocycles. The van der Waals surface area contributed by atoms with Crippen molar-refractivity contribution >= 4 is 27.5 Å². The van der Waals surface area contributed by atoms with Crippen molar-refractivity contribution in [2.45, 2.75) is 27.1 Å². The highest BCUT2D eigenvalue weighted by molar-refractivity contribution is 9.10. The van der Waals surface area contributed by atoms with E-state index in [-0.39, 0.29) is 5.91 Å².